The number of rotatable bonds is 6. The van der Waals surface area contributed by atoms with Crippen LogP contribution in [0.2, 0.25) is 0 Å². The minimum absolute atomic E-state index is 0.188. The average Bonchev–Trinajstić information content (AvgIpc) is 3.21. The second kappa shape index (κ2) is 7.71. The summed E-state index contributed by atoms with van der Waals surface area (Å²) in [6, 6.07) is 0.592. The lowest BCUT2D eigenvalue weighted by Gasteiger charge is -2.25. The van der Waals surface area contributed by atoms with Crippen LogP contribution in [-0.4, -0.2) is 38.5 Å². The van der Waals surface area contributed by atoms with Gasteiger partial charge in [-0.3, -0.25) is 4.79 Å². The summed E-state index contributed by atoms with van der Waals surface area (Å²) in [6.45, 7) is 0.571. The average molecular weight is 349 g/mol. The number of hydrogen-bond acceptors (Lipinski definition) is 7. The minimum Gasteiger partial charge on any atom is -0.375 e. The van der Waals surface area contributed by atoms with Gasteiger partial charge in [-0.1, -0.05) is 5.21 Å². The number of carbonyl (C=O) groups excluding carboxylic acids is 1. The Morgan fingerprint density at radius 3 is 2.88 bits per heavy atom. The van der Waals surface area contributed by atoms with Crippen molar-refractivity contribution < 1.29 is 4.79 Å². The van der Waals surface area contributed by atoms with E-state index < -0.39 is 0 Å². The lowest BCUT2D eigenvalue weighted by molar-refractivity contribution is 0.0948. The van der Waals surface area contributed by atoms with Crippen LogP contribution in [0.25, 0.3) is 0 Å². The largest absolute Gasteiger partial charge is 0.375 e. The monoisotopic (exact) mass is 349 g/mol. The van der Waals surface area contributed by atoms with Crippen LogP contribution in [0.15, 0.2) is 11.6 Å². The molecule has 3 rings (SSSR count). The van der Waals surface area contributed by atoms with Gasteiger partial charge in [0.25, 0.3) is 5.91 Å². The number of aryl methyl sites for hydroxylation is 1. The molecule has 0 bridgehead atoms. The lowest BCUT2D eigenvalue weighted by atomic mass is 9.92. The van der Waals surface area contributed by atoms with Crippen LogP contribution in [0.5, 0.6) is 0 Å². The number of thiazole rings is 1. The first-order valence-electron chi connectivity index (χ1n) is 8.27. The van der Waals surface area contributed by atoms with Crippen LogP contribution in [0.4, 0.5) is 5.13 Å². The summed E-state index contributed by atoms with van der Waals surface area (Å²) in [7, 11) is 0. The van der Waals surface area contributed by atoms with Gasteiger partial charge in [0.2, 0.25) is 0 Å². The van der Waals surface area contributed by atoms with Gasteiger partial charge in [-0.2, -0.15) is 0 Å². The van der Waals surface area contributed by atoms with Crippen LogP contribution in [0.3, 0.4) is 0 Å². The molecule has 1 aliphatic rings. The molecule has 0 unspecified atom stereocenters. The summed E-state index contributed by atoms with van der Waals surface area (Å²) >= 11 is 1.43. The Hall–Kier alpha value is -2.00. The van der Waals surface area contributed by atoms with Crippen LogP contribution in [0.1, 0.15) is 54.3 Å². The Labute approximate surface area is 144 Å². The van der Waals surface area contributed by atoms with Gasteiger partial charge >= 0.3 is 0 Å². The SMILES string of the molecule is Nc1nc(CCCNC(=O)c2cn(C3CCC(N)CC3)nn2)cs1. The summed E-state index contributed by atoms with van der Waals surface area (Å²) in [5.41, 5.74) is 12.8. The topological polar surface area (TPSA) is 125 Å². The molecule has 0 saturated heterocycles. The first-order chi connectivity index (χ1) is 11.6. The molecular weight excluding hydrogens is 326 g/mol. The van der Waals surface area contributed by atoms with E-state index in [1.54, 1.807) is 10.9 Å². The van der Waals surface area contributed by atoms with Crippen LogP contribution in [0, 0.1) is 0 Å². The van der Waals surface area contributed by atoms with E-state index in [-0.39, 0.29) is 5.91 Å². The third kappa shape index (κ3) is 4.30. The molecule has 5 N–H and O–H groups in total. The first-order valence-corrected chi connectivity index (χ1v) is 9.15. The zero-order valence-corrected chi connectivity index (χ0v) is 14.3. The number of nitrogen functional groups attached to an aromatic ring is 1. The molecule has 0 spiro atoms. The highest BCUT2D eigenvalue weighted by Gasteiger charge is 2.22. The summed E-state index contributed by atoms with van der Waals surface area (Å²) in [5, 5.41) is 13.5. The fraction of sp³-hybridized carbons (Fsp3) is 0.600. The normalized spacial score (nSPS) is 20.9. The molecule has 1 aliphatic carbocycles. The van der Waals surface area contributed by atoms with E-state index in [0.717, 1.165) is 44.2 Å². The molecule has 2 aromatic heterocycles. The molecule has 9 heteroatoms. The smallest absolute Gasteiger partial charge is 0.273 e. The van der Waals surface area contributed by atoms with Crippen LogP contribution in [-0.2, 0) is 6.42 Å². The molecule has 1 amide bonds. The zero-order valence-electron chi connectivity index (χ0n) is 13.5. The van der Waals surface area contributed by atoms with Crippen molar-refractivity contribution in [3.63, 3.8) is 0 Å². The van der Waals surface area contributed by atoms with Crippen molar-refractivity contribution in [2.24, 2.45) is 5.73 Å². The molecular formula is C15H23N7OS. The number of carbonyl (C=O) groups is 1. The Balaban J connectivity index is 1.43. The first kappa shape index (κ1) is 16.8. The van der Waals surface area contributed by atoms with Gasteiger partial charge in [0.05, 0.1) is 17.9 Å². The Morgan fingerprint density at radius 1 is 1.38 bits per heavy atom. The van der Waals surface area contributed by atoms with Crippen molar-refractivity contribution in [3.8, 4) is 0 Å². The number of nitrogens with one attached hydrogen (secondary N) is 1. The quantitative estimate of drug-likeness (QED) is 0.671. The molecule has 1 saturated carbocycles. The number of amides is 1. The molecule has 0 aromatic carbocycles. The number of nitrogens with zero attached hydrogens (tertiary/aromatic N) is 4. The van der Waals surface area contributed by atoms with Gasteiger partial charge in [-0.15, -0.1) is 16.4 Å². The van der Waals surface area contributed by atoms with Crippen LogP contribution < -0.4 is 16.8 Å². The molecule has 1 fully saturated rings. The van der Waals surface area contributed by atoms with E-state index in [2.05, 4.69) is 20.6 Å². The molecule has 2 heterocycles. The molecule has 130 valence electrons. The van der Waals surface area contributed by atoms with Crippen molar-refractivity contribution in [1.82, 2.24) is 25.3 Å². The Kier molecular flexibility index (Phi) is 5.41. The summed E-state index contributed by atoms with van der Waals surface area (Å²) < 4.78 is 1.80. The van der Waals surface area contributed by atoms with Crippen molar-refractivity contribution in [2.75, 3.05) is 12.3 Å². The van der Waals surface area contributed by atoms with E-state index in [9.17, 15) is 4.79 Å². The van der Waals surface area contributed by atoms with Crippen molar-refractivity contribution >= 4 is 22.4 Å². The fourth-order valence-corrected chi connectivity index (χ4v) is 3.52. The van der Waals surface area contributed by atoms with E-state index in [1.165, 1.54) is 11.3 Å². The highest BCUT2D eigenvalue weighted by Crippen LogP contribution is 2.26. The summed E-state index contributed by atoms with van der Waals surface area (Å²) in [6.07, 6.45) is 7.30. The van der Waals surface area contributed by atoms with E-state index in [1.807, 2.05) is 5.38 Å². The molecule has 0 atom stereocenters. The van der Waals surface area contributed by atoms with Gasteiger partial charge in [0.1, 0.15) is 0 Å². The van der Waals surface area contributed by atoms with Crippen molar-refractivity contribution in [3.05, 3.63) is 23.0 Å². The third-order valence-corrected chi connectivity index (χ3v) is 5.05. The predicted molar refractivity (Wildman–Crippen MR) is 92.7 cm³/mol. The molecule has 0 aliphatic heterocycles. The maximum absolute atomic E-state index is 12.1. The third-order valence-electron chi connectivity index (χ3n) is 4.32. The lowest BCUT2D eigenvalue weighted by Crippen LogP contribution is -2.28. The van der Waals surface area contributed by atoms with Gasteiger partial charge in [-0.05, 0) is 38.5 Å². The molecule has 8 nitrogen and oxygen atoms in total. The standard InChI is InChI=1S/C15H23N7OS/c16-10-3-5-12(6-4-10)22-8-13(20-21-22)14(23)18-7-1-2-11-9-24-15(17)19-11/h8-10,12H,1-7,16H2,(H2,17,19)(H,18,23). The zero-order chi connectivity index (χ0) is 16.9. The molecule has 2 aromatic rings. The van der Waals surface area contributed by atoms with Gasteiger partial charge in [0.15, 0.2) is 10.8 Å². The second-order valence-electron chi connectivity index (χ2n) is 6.19. The maximum Gasteiger partial charge on any atom is 0.273 e. The number of anilines is 1. The number of hydrogen-bond donors (Lipinski definition) is 3. The fourth-order valence-electron chi connectivity index (χ4n) is 2.92. The van der Waals surface area contributed by atoms with E-state index >= 15 is 0 Å². The highest BCUT2D eigenvalue weighted by molar-refractivity contribution is 7.13. The molecule has 0 radical (unpaired) electrons. The maximum atomic E-state index is 12.1. The summed E-state index contributed by atoms with van der Waals surface area (Å²) in [5.74, 6) is -0.188. The van der Waals surface area contributed by atoms with Gasteiger partial charge < -0.3 is 16.8 Å². The van der Waals surface area contributed by atoms with Crippen molar-refractivity contribution in [2.45, 2.75) is 50.6 Å². The van der Waals surface area contributed by atoms with E-state index in [4.69, 9.17) is 11.5 Å². The Bertz CT molecular complexity index is 675. The number of nitrogens with two attached hydrogens (primary N) is 2. The Morgan fingerprint density at radius 2 is 2.17 bits per heavy atom. The highest BCUT2D eigenvalue weighted by atomic mass is 32.1. The van der Waals surface area contributed by atoms with Gasteiger partial charge in [-0.25, -0.2) is 9.67 Å². The number of aromatic nitrogens is 4. The minimum atomic E-state index is -0.188. The predicted octanol–water partition coefficient (Wildman–Crippen LogP) is 1.12. The summed E-state index contributed by atoms with van der Waals surface area (Å²) in [4.78, 5) is 16.3. The molecule has 24 heavy (non-hydrogen) atoms. The van der Waals surface area contributed by atoms with E-state index in [0.29, 0.717) is 29.5 Å². The van der Waals surface area contributed by atoms with Crippen molar-refractivity contribution in [1.29, 1.82) is 0 Å². The van der Waals surface area contributed by atoms with Crippen LogP contribution >= 0.6 is 11.3 Å². The van der Waals surface area contributed by atoms with Gasteiger partial charge in [0, 0.05) is 18.0 Å². The second-order valence-corrected chi connectivity index (χ2v) is 7.08.